The van der Waals surface area contributed by atoms with Gasteiger partial charge in [-0.1, -0.05) is 42.2 Å². The Balaban J connectivity index is 1.68. The Kier molecular flexibility index (Phi) is 4.52. The molecule has 2 N–H and O–H groups in total. The highest BCUT2D eigenvalue weighted by Gasteiger charge is 2.17. The largest absolute Gasteiger partial charge is 0.414 e. The summed E-state index contributed by atoms with van der Waals surface area (Å²) in [4.78, 5) is 20.2. The van der Waals surface area contributed by atoms with Crippen LogP contribution < -0.4 is 5.73 Å². The van der Waals surface area contributed by atoms with Gasteiger partial charge in [0.05, 0.1) is 11.9 Å². The van der Waals surface area contributed by atoms with Crippen LogP contribution in [0.15, 0.2) is 53.1 Å². The molecule has 2 aromatic heterocycles. The fourth-order valence-corrected chi connectivity index (χ4v) is 2.64. The molecule has 1 aromatic carbocycles. The van der Waals surface area contributed by atoms with Crippen LogP contribution in [0.3, 0.4) is 0 Å². The molecule has 0 saturated heterocycles. The topological polar surface area (TPSA) is 108 Å². The van der Waals surface area contributed by atoms with Crippen molar-refractivity contribution in [1.29, 1.82) is 0 Å². The summed E-state index contributed by atoms with van der Waals surface area (Å²) in [6.45, 7) is 1.52. The zero-order valence-corrected chi connectivity index (χ0v) is 15.0. The molecule has 1 aliphatic rings. The lowest BCUT2D eigenvalue weighted by atomic mass is 10.1. The van der Waals surface area contributed by atoms with Crippen LogP contribution >= 0.6 is 0 Å². The molecule has 7 nitrogen and oxygen atoms in total. The highest BCUT2D eigenvalue weighted by atomic mass is 16.4. The van der Waals surface area contributed by atoms with Crippen molar-refractivity contribution in [2.24, 2.45) is 0 Å². The SMILES string of the molecule is CC(=O)c1ccc(-c2cnc(N)c(-c3nnc(C4=CCC#CC=C4)o3)n2)cc1. The Labute approximate surface area is 161 Å². The maximum Gasteiger partial charge on any atom is 0.270 e. The van der Waals surface area contributed by atoms with Crippen molar-refractivity contribution < 1.29 is 9.21 Å². The predicted molar refractivity (Wildman–Crippen MR) is 105 cm³/mol. The molecular weight excluding hydrogens is 354 g/mol. The first-order chi connectivity index (χ1) is 13.6. The fourth-order valence-electron chi connectivity index (χ4n) is 2.64. The summed E-state index contributed by atoms with van der Waals surface area (Å²) >= 11 is 0. The fraction of sp³-hybridized carbons (Fsp3) is 0.0952. The number of Topliss-reactive ketones (excluding diaryl/α,β-unsaturated/α-hetero) is 1. The molecule has 28 heavy (non-hydrogen) atoms. The van der Waals surface area contributed by atoms with Crippen molar-refractivity contribution in [3.8, 4) is 34.7 Å². The van der Waals surface area contributed by atoms with E-state index in [2.05, 4.69) is 32.0 Å². The minimum atomic E-state index is 0.00119. The molecule has 1 aliphatic carbocycles. The summed E-state index contributed by atoms with van der Waals surface area (Å²) in [7, 11) is 0. The summed E-state index contributed by atoms with van der Waals surface area (Å²) in [6.07, 6.45) is 7.64. The summed E-state index contributed by atoms with van der Waals surface area (Å²) in [5, 5.41) is 8.15. The Morgan fingerprint density at radius 2 is 1.96 bits per heavy atom. The lowest BCUT2D eigenvalue weighted by Crippen LogP contribution is -1.99. The van der Waals surface area contributed by atoms with Gasteiger partial charge in [0.15, 0.2) is 17.3 Å². The van der Waals surface area contributed by atoms with Gasteiger partial charge in [-0.25, -0.2) is 9.97 Å². The summed E-state index contributed by atoms with van der Waals surface area (Å²) in [6, 6.07) is 7.10. The lowest BCUT2D eigenvalue weighted by Gasteiger charge is -2.05. The van der Waals surface area contributed by atoms with E-state index in [4.69, 9.17) is 10.2 Å². The average Bonchev–Trinajstić information content (AvgIpc) is 3.03. The molecule has 0 aliphatic heterocycles. The second-order valence-corrected chi connectivity index (χ2v) is 6.05. The first kappa shape index (κ1) is 17.4. The molecule has 0 atom stereocenters. The molecular formula is C21H15N5O2. The first-order valence-electron chi connectivity index (χ1n) is 8.55. The smallest absolute Gasteiger partial charge is 0.270 e. The third-order valence-corrected chi connectivity index (χ3v) is 4.13. The van der Waals surface area contributed by atoms with E-state index in [1.807, 2.05) is 12.2 Å². The standard InChI is InChI=1S/C21H15N5O2/c1-13(27)14-8-10-15(11-9-14)17-12-23-19(22)18(24-17)21-26-25-20(28-21)16-6-4-2-3-5-7-16/h4,6-12H,5H2,1H3,(H2,22,23). The number of hydrogen-bond acceptors (Lipinski definition) is 7. The quantitative estimate of drug-likeness (QED) is 0.555. The lowest BCUT2D eigenvalue weighted by molar-refractivity contribution is 0.101. The van der Waals surface area contributed by atoms with E-state index in [-0.39, 0.29) is 17.5 Å². The molecule has 0 amide bonds. The zero-order chi connectivity index (χ0) is 19.5. The number of nitrogens with two attached hydrogens (primary N) is 1. The number of allylic oxidation sites excluding steroid dienone is 4. The monoisotopic (exact) mass is 369 g/mol. The van der Waals surface area contributed by atoms with E-state index in [0.29, 0.717) is 29.3 Å². The third-order valence-electron chi connectivity index (χ3n) is 4.13. The van der Waals surface area contributed by atoms with Gasteiger partial charge in [0.1, 0.15) is 0 Å². The van der Waals surface area contributed by atoms with Crippen molar-refractivity contribution in [2.75, 3.05) is 5.73 Å². The van der Waals surface area contributed by atoms with E-state index in [1.54, 1.807) is 36.5 Å². The summed E-state index contributed by atoms with van der Waals surface area (Å²) in [5.41, 5.74) is 9.07. The van der Waals surface area contributed by atoms with Crippen molar-refractivity contribution >= 4 is 17.2 Å². The third kappa shape index (κ3) is 3.44. The van der Waals surface area contributed by atoms with Gasteiger partial charge in [-0.15, -0.1) is 10.2 Å². The van der Waals surface area contributed by atoms with Crippen LogP contribution in [0.5, 0.6) is 0 Å². The number of aromatic nitrogens is 4. The van der Waals surface area contributed by atoms with Crippen molar-refractivity contribution in [1.82, 2.24) is 20.2 Å². The number of hydrogen-bond donors (Lipinski definition) is 1. The molecule has 136 valence electrons. The highest BCUT2D eigenvalue weighted by molar-refractivity contribution is 5.94. The number of carbonyl (C=O) groups is 1. The minimum absolute atomic E-state index is 0.00119. The number of nitrogen functional groups attached to an aromatic ring is 1. The Hall–Kier alpha value is -4.05. The summed E-state index contributed by atoms with van der Waals surface area (Å²) in [5.74, 6) is 6.59. The van der Waals surface area contributed by atoms with Crippen LogP contribution in [0.1, 0.15) is 29.6 Å². The second kappa shape index (κ2) is 7.29. The molecule has 0 fully saturated rings. The summed E-state index contributed by atoms with van der Waals surface area (Å²) < 4.78 is 5.76. The molecule has 3 aromatic rings. The molecule has 0 unspecified atom stereocenters. The highest BCUT2D eigenvalue weighted by Crippen LogP contribution is 2.27. The Morgan fingerprint density at radius 1 is 1.18 bits per heavy atom. The average molecular weight is 369 g/mol. The molecule has 0 spiro atoms. The van der Waals surface area contributed by atoms with Gasteiger partial charge in [-0.2, -0.15) is 0 Å². The van der Waals surface area contributed by atoms with Crippen LogP contribution in [0.25, 0.3) is 28.4 Å². The number of ketones is 1. The zero-order valence-electron chi connectivity index (χ0n) is 15.0. The maximum absolute atomic E-state index is 11.4. The normalized spacial score (nSPS) is 12.7. The number of rotatable bonds is 4. The van der Waals surface area contributed by atoms with E-state index in [9.17, 15) is 4.79 Å². The minimum Gasteiger partial charge on any atom is -0.414 e. The van der Waals surface area contributed by atoms with Crippen LogP contribution in [-0.2, 0) is 0 Å². The number of benzene rings is 1. The van der Waals surface area contributed by atoms with Crippen molar-refractivity contribution in [3.63, 3.8) is 0 Å². The number of anilines is 1. The van der Waals surface area contributed by atoms with E-state index in [1.165, 1.54) is 6.92 Å². The molecule has 7 heteroatoms. The van der Waals surface area contributed by atoms with Gasteiger partial charge in [-0.05, 0) is 19.1 Å². The maximum atomic E-state index is 11.4. The van der Waals surface area contributed by atoms with Gasteiger partial charge in [0.25, 0.3) is 5.89 Å². The number of nitrogens with zero attached hydrogens (tertiary/aromatic N) is 4. The van der Waals surface area contributed by atoms with E-state index in [0.717, 1.165) is 11.1 Å². The molecule has 0 saturated carbocycles. The second-order valence-electron chi connectivity index (χ2n) is 6.05. The van der Waals surface area contributed by atoms with E-state index >= 15 is 0 Å². The Morgan fingerprint density at radius 3 is 2.75 bits per heavy atom. The van der Waals surface area contributed by atoms with Crippen LogP contribution in [0.2, 0.25) is 0 Å². The predicted octanol–water partition coefficient (Wildman–Crippen LogP) is 3.33. The molecule has 0 bridgehead atoms. The molecule has 0 radical (unpaired) electrons. The van der Waals surface area contributed by atoms with Crippen LogP contribution in [0, 0.1) is 11.8 Å². The van der Waals surface area contributed by atoms with Gasteiger partial charge >= 0.3 is 0 Å². The van der Waals surface area contributed by atoms with Gasteiger partial charge in [0, 0.05) is 23.1 Å². The van der Waals surface area contributed by atoms with Crippen LogP contribution in [-0.4, -0.2) is 25.9 Å². The van der Waals surface area contributed by atoms with Crippen molar-refractivity contribution in [3.05, 3.63) is 60.1 Å². The van der Waals surface area contributed by atoms with Gasteiger partial charge in [0.2, 0.25) is 5.89 Å². The van der Waals surface area contributed by atoms with E-state index < -0.39 is 0 Å². The van der Waals surface area contributed by atoms with Crippen molar-refractivity contribution in [2.45, 2.75) is 13.3 Å². The van der Waals surface area contributed by atoms with Crippen LogP contribution in [0.4, 0.5) is 5.82 Å². The number of carbonyl (C=O) groups excluding carboxylic acids is 1. The van der Waals surface area contributed by atoms with Gasteiger partial charge in [-0.3, -0.25) is 4.79 Å². The molecule has 2 heterocycles. The molecule has 4 rings (SSSR count). The van der Waals surface area contributed by atoms with Gasteiger partial charge < -0.3 is 10.2 Å². The Bertz CT molecular complexity index is 1180. The first-order valence-corrected chi connectivity index (χ1v) is 8.55.